The Morgan fingerprint density at radius 3 is 2.83 bits per heavy atom. The fourth-order valence-corrected chi connectivity index (χ4v) is 2.79. The molecular weight excluding hydrogens is 252 g/mol. The Bertz CT molecular complexity index is 528. The molecule has 0 unspecified atom stereocenters. The van der Waals surface area contributed by atoms with Gasteiger partial charge in [-0.15, -0.1) is 0 Å². The second kappa shape index (κ2) is 5.26. The summed E-state index contributed by atoms with van der Waals surface area (Å²) < 4.78 is 30.0. The fraction of sp³-hybridized carbons (Fsp3) is 0.500. The van der Waals surface area contributed by atoms with Crippen LogP contribution in [-0.4, -0.2) is 36.7 Å². The van der Waals surface area contributed by atoms with Crippen LogP contribution in [0.4, 0.5) is 5.69 Å². The molecule has 0 aliphatic carbocycles. The van der Waals surface area contributed by atoms with Crippen LogP contribution in [0, 0.1) is 0 Å². The molecule has 0 atom stereocenters. The minimum absolute atomic E-state index is 0.173. The minimum Gasteiger partial charge on any atom is -0.399 e. The highest BCUT2D eigenvalue weighted by Crippen LogP contribution is 2.21. The van der Waals surface area contributed by atoms with Crippen LogP contribution in [0.5, 0.6) is 0 Å². The Morgan fingerprint density at radius 1 is 1.33 bits per heavy atom. The van der Waals surface area contributed by atoms with Gasteiger partial charge < -0.3 is 5.73 Å². The molecule has 18 heavy (non-hydrogen) atoms. The van der Waals surface area contributed by atoms with Gasteiger partial charge in [-0.3, -0.25) is 9.45 Å². The van der Waals surface area contributed by atoms with E-state index in [0.717, 1.165) is 25.2 Å². The summed E-state index contributed by atoms with van der Waals surface area (Å²) in [6.07, 6.45) is 1.41. The van der Waals surface area contributed by atoms with E-state index in [0.29, 0.717) is 13.0 Å². The number of rotatable bonds is 4. The van der Waals surface area contributed by atoms with E-state index in [1.165, 1.54) is 11.1 Å². The largest absolute Gasteiger partial charge is 0.399 e. The monoisotopic (exact) mass is 270 g/mol. The number of anilines is 1. The average Bonchev–Trinajstić information content (AvgIpc) is 2.26. The zero-order chi connectivity index (χ0) is 13.2. The van der Waals surface area contributed by atoms with Crippen LogP contribution in [-0.2, 0) is 23.1 Å². The van der Waals surface area contributed by atoms with Gasteiger partial charge in [-0.2, -0.15) is 8.42 Å². The first-order chi connectivity index (χ1) is 8.44. The maximum atomic E-state index is 10.6. The van der Waals surface area contributed by atoms with Gasteiger partial charge in [0.15, 0.2) is 0 Å². The van der Waals surface area contributed by atoms with Gasteiger partial charge in [-0.1, -0.05) is 6.07 Å². The van der Waals surface area contributed by atoms with Gasteiger partial charge in [0, 0.05) is 18.8 Å². The van der Waals surface area contributed by atoms with Gasteiger partial charge in [0.25, 0.3) is 10.1 Å². The third-order valence-electron chi connectivity index (χ3n) is 3.20. The first kappa shape index (κ1) is 13.3. The molecule has 1 aromatic rings. The molecule has 1 heterocycles. The highest BCUT2D eigenvalue weighted by atomic mass is 32.2. The highest BCUT2D eigenvalue weighted by Gasteiger charge is 2.16. The molecule has 0 amide bonds. The van der Waals surface area contributed by atoms with E-state index in [9.17, 15) is 8.42 Å². The van der Waals surface area contributed by atoms with Crippen molar-refractivity contribution in [2.24, 2.45) is 0 Å². The Kier molecular flexibility index (Phi) is 3.89. The molecule has 0 fully saturated rings. The Balaban J connectivity index is 1.91. The lowest BCUT2D eigenvalue weighted by Gasteiger charge is -2.28. The predicted molar refractivity (Wildman–Crippen MR) is 70.9 cm³/mol. The summed E-state index contributed by atoms with van der Waals surface area (Å²) in [4.78, 5) is 2.19. The van der Waals surface area contributed by atoms with Crippen molar-refractivity contribution in [3.63, 3.8) is 0 Å². The molecule has 100 valence electrons. The molecule has 1 aromatic carbocycles. The van der Waals surface area contributed by atoms with Crippen LogP contribution in [0.3, 0.4) is 0 Å². The van der Waals surface area contributed by atoms with Crippen molar-refractivity contribution in [1.29, 1.82) is 0 Å². The average molecular weight is 270 g/mol. The van der Waals surface area contributed by atoms with Gasteiger partial charge in [0.05, 0.1) is 5.75 Å². The van der Waals surface area contributed by atoms with E-state index >= 15 is 0 Å². The number of benzene rings is 1. The molecule has 0 spiro atoms. The lowest BCUT2D eigenvalue weighted by atomic mass is 9.99. The molecule has 5 nitrogen and oxygen atoms in total. The van der Waals surface area contributed by atoms with Gasteiger partial charge in [0.2, 0.25) is 0 Å². The molecule has 0 saturated heterocycles. The first-order valence-corrected chi connectivity index (χ1v) is 7.60. The van der Waals surface area contributed by atoms with E-state index in [4.69, 9.17) is 10.3 Å². The molecule has 0 aromatic heterocycles. The summed E-state index contributed by atoms with van der Waals surface area (Å²) in [5, 5.41) is 0. The normalized spacial score (nSPS) is 16.5. The zero-order valence-electron chi connectivity index (χ0n) is 10.2. The van der Waals surface area contributed by atoms with Crippen LogP contribution >= 0.6 is 0 Å². The van der Waals surface area contributed by atoms with Crippen LogP contribution in [0.2, 0.25) is 0 Å². The summed E-state index contributed by atoms with van der Waals surface area (Å²) in [5.74, 6) is -0.173. The zero-order valence-corrected chi connectivity index (χ0v) is 11.0. The molecule has 1 aliphatic heterocycles. The van der Waals surface area contributed by atoms with Gasteiger partial charge in [-0.05, 0) is 42.6 Å². The third-order valence-corrected chi connectivity index (χ3v) is 4.00. The predicted octanol–water partition coefficient (Wildman–Crippen LogP) is 0.905. The number of fused-ring (bicyclic) bond motifs is 1. The van der Waals surface area contributed by atoms with Crippen molar-refractivity contribution in [3.05, 3.63) is 29.3 Å². The molecule has 2 rings (SSSR count). The van der Waals surface area contributed by atoms with Crippen LogP contribution in [0.15, 0.2) is 18.2 Å². The second-order valence-electron chi connectivity index (χ2n) is 4.69. The lowest BCUT2D eigenvalue weighted by molar-refractivity contribution is 0.254. The van der Waals surface area contributed by atoms with Gasteiger partial charge >= 0.3 is 0 Å². The van der Waals surface area contributed by atoms with Gasteiger partial charge in [-0.25, -0.2) is 0 Å². The summed E-state index contributed by atoms with van der Waals surface area (Å²) in [6, 6.07) is 5.94. The summed E-state index contributed by atoms with van der Waals surface area (Å²) in [6.45, 7) is 2.39. The fourth-order valence-electron chi connectivity index (χ4n) is 2.30. The Hall–Kier alpha value is -1.11. The van der Waals surface area contributed by atoms with E-state index < -0.39 is 10.1 Å². The molecule has 3 N–H and O–H groups in total. The standard InChI is InChI=1S/C12H18N2O3S/c13-12-3-2-10-4-6-14(9-11(10)8-12)5-1-7-18(15,16)17/h2-3,8H,1,4-7,9,13H2,(H,15,16,17). The molecule has 1 aliphatic rings. The van der Waals surface area contributed by atoms with Crippen LogP contribution in [0.25, 0.3) is 0 Å². The molecule has 0 radical (unpaired) electrons. The SMILES string of the molecule is Nc1ccc2c(c1)CN(CCCS(=O)(=O)O)CC2. The van der Waals surface area contributed by atoms with Crippen LogP contribution < -0.4 is 5.73 Å². The van der Waals surface area contributed by atoms with E-state index in [1.807, 2.05) is 12.1 Å². The second-order valence-corrected chi connectivity index (χ2v) is 6.27. The first-order valence-electron chi connectivity index (χ1n) is 5.99. The Labute approximate surface area is 107 Å². The lowest BCUT2D eigenvalue weighted by Crippen LogP contribution is -2.32. The topological polar surface area (TPSA) is 83.6 Å². The smallest absolute Gasteiger partial charge is 0.264 e. The van der Waals surface area contributed by atoms with Crippen molar-refractivity contribution >= 4 is 15.8 Å². The maximum Gasteiger partial charge on any atom is 0.264 e. The maximum absolute atomic E-state index is 10.6. The van der Waals surface area contributed by atoms with Gasteiger partial charge in [0.1, 0.15) is 0 Å². The molecule has 0 saturated carbocycles. The number of hydrogen-bond acceptors (Lipinski definition) is 4. The van der Waals surface area contributed by atoms with Crippen molar-refractivity contribution < 1.29 is 13.0 Å². The minimum atomic E-state index is -3.84. The quantitative estimate of drug-likeness (QED) is 0.627. The van der Waals surface area contributed by atoms with Crippen LogP contribution in [0.1, 0.15) is 17.5 Å². The Morgan fingerprint density at radius 2 is 2.11 bits per heavy atom. The van der Waals surface area contributed by atoms with E-state index in [-0.39, 0.29) is 5.75 Å². The van der Waals surface area contributed by atoms with E-state index in [1.54, 1.807) is 0 Å². The molecule has 6 heteroatoms. The highest BCUT2D eigenvalue weighted by molar-refractivity contribution is 7.85. The van der Waals surface area contributed by atoms with Crippen molar-refractivity contribution in [2.45, 2.75) is 19.4 Å². The van der Waals surface area contributed by atoms with E-state index in [2.05, 4.69) is 11.0 Å². The van der Waals surface area contributed by atoms with Crippen molar-refractivity contribution in [2.75, 3.05) is 24.6 Å². The third kappa shape index (κ3) is 3.69. The number of nitrogen functional groups attached to an aromatic ring is 1. The number of nitrogens with zero attached hydrogens (tertiary/aromatic N) is 1. The summed E-state index contributed by atoms with van der Waals surface area (Å²) in [5.41, 5.74) is 9.04. The summed E-state index contributed by atoms with van der Waals surface area (Å²) >= 11 is 0. The van der Waals surface area contributed by atoms with Crippen molar-refractivity contribution in [3.8, 4) is 0 Å². The molecule has 0 bridgehead atoms. The summed E-state index contributed by atoms with van der Waals surface area (Å²) in [7, 11) is -3.84. The number of hydrogen-bond donors (Lipinski definition) is 2. The molecular formula is C12H18N2O3S. The van der Waals surface area contributed by atoms with Crippen molar-refractivity contribution in [1.82, 2.24) is 4.90 Å². The number of nitrogens with two attached hydrogens (primary N) is 1.